The molecule has 0 aromatic heterocycles. The van der Waals surface area contributed by atoms with Gasteiger partial charge < -0.3 is 0 Å². The lowest BCUT2D eigenvalue weighted by molar-refractivity contribution is 1.77. The number of hydrogen-bond acceptors (Lipinski definition) is 0. The quantitative estimate of drug-likeness (QED) is 0.414. The van der Waals surface area contributed by atoms with Crippen molar-refractivity contribution in [2.75, 3.05) is 4.05 Å². The molecule has 0 aliphatic rings. The molecular formula is C7H9ISi. The van der Waals surface area contributed by atoms with Gasteiger partial charge in [-0.05, 0) is 4.05 Å². The fourth-order valence-corrected chi connectivity index (χ4v) is 3.45. The summed E-state index contributed by atoms with van der Waals surface area (Å²) >= 11 is 2.45. The smallest absolute Gasteiger partial charge is 0.0652 e. The molecule has 0 aliphatic heterocycles. The fourth-order valence-electron chi connectivity index (χ4n) is 0.754. The Morgan fingerprint density at radius 2 is 1.89 bits per heavy atom. The van der Waals surface area contributed by atoms with Crippen molar-refractivity contribution in [2.24, 2.45) is 0 Å². The van der Waals surface area contributed by atoms with Crippen LogP contribution in [0.4, 0.5) is 0 Å². The van der Waals surface area contributed by atoms with Gasteiger partial charge in [0, 0.05) is 0 Å². The Balaban J connectivity index is 2.61. The molecule has 48 valence electrons. The lowest BCUT2D eigenvalue weighted by atomic mass is 10.4. The molecule has 1 aromatic carbocycles. The van der Waals surface area contributed by atoms with E-state index in [1.165, 1.54) is 4.05 Å². The van der Waals surface area contributed by atoms with Crippen LogP contribution >= 0.6 is 22.6 Å². The van der Waals surface area contributed by atoms with Crippen LogP contribution in [-0.4, -0.2) is 13.6 Å². The van der Waals surface area contributed by atoms with Gasteiger partial charge in [-0.15, -0.1) is 0 Å². The zero-order chi connectivity index (χ0) is 6.53. The monoisotopic (exact) mass is 248 g/mol. The van der Waals surface area contributed by atoms with Crippen molar-refractivity contribution < 1.29 is 0 Å². The highest BCUT2D eigenvalue weighted by Crippen LogP contribution is 1.83. The van der Waals surface area contributed by atoms with Crippen molar-refractivity contribution in [3.63, 3.8) is 0 Å². The van der Waals surface area contributed by atoms with Gasteiger partial charge in [-0.2, -0.15) is 0 Å². The lowest BCUT2D eigenvalue weighted by Gasteiger charge is -1.92. The molecule has 0 fully saturated rings. The highest BCUT2D eigenvalue weighted by Gasteiger charge is 1.86. The van der Waals surface area contributed by atoms with Gasteiger partial charge in [-0.3, -0.25) is 0 Å². The van der Waals surface area contributed by atoms with Crippen LogP contribution in [0.25, 0.3) is 0 Å². The minimum atomic E-state index is 0.0856. The third-order valence-electron chi connectivity index (χ3n) is 1.23. The maximum absolute atomic E-state index is 2.45. The Hall–Kier alpha value is 0.167. The first-order chi connectivity index (χ1) is 4.43. The van der Waals surface area contributed by atoms with E-state index < -0.39 is 0 Å². The first-order valence-corrected chi connectivity index (χ1v) is 6.26. The topological polar surface area (TPSA) is 0 Å². The van der Waals surface area contributed by atoms with Crippen molar-refractivity contribution in [3.05, 3.63) is 30.3 Å². The number of hydrogen-bond donors (Lipinski definition) is 0. The van der Waals surface area contributed by atoms with Crippen molar-refractivity contribution in [2.45, 2.75) is 0 Å². The molecule has 1 aromatic rings. The summed E-state index contributed by atoms with van der Waals surface area (Å²) in [6, 6.07) is 10.8. The molecule has 0 bridgehead atoms. The number of alkyl halides is 1. The summed E-state index contributed by atoms with van der Waals surface area (Å²) in [4.78, 5) is 0. The van der Waals surface area contributed by atoms with Gasteiger partial charge in [0.25, 0.3) is 0 Å². The summed E-state index contributed by atoms with van der Waals surface area (Å²) in [5.74, 6) is 0. The second kappa shape index (κ2) is 4.06. The average molecular weight is 248 g/mol. The van der Waals surface area contributed by atoms with Crippen molar-refractivity contribution in [1.29, 1.82) is 0 Å². The van der Waals surface area contributed by atoms with E-state index in [1.807, 2.05) is 0 Å². The zero-order valence-electron chi connectivity index (χ0n) is 5.18. The molecule has 0 amide bonds. The molecule has 0 N–H and O–H groups in total. The van der Waals surface area contributed by atoms with Crippen LogP contribution in [0.3, 0.4) is 0 Å². The summed E-state index contributed by atoms with van der Waals surface area (Å²) in [6.45, 7) is 0. The molecule has 0 saturated heterocycles. The molecular weight excluding hydrogens is 239 g/mol. The SMILES string of the molecule is IC[SiH2]c1ccccc1. The molecule has 0 radical (unpaired) electrons. The molecule has 0 nitrogen and oxygen atoms in total. The number of benzene rings is 1. The maximum Gasteiger partial charge on any atom is 0.0652 e. The first-order valence-electron chi connectivity index (χ1n) is 3.03. The van der Waals surface area contributed by atoms with Crippen LogP contribution in [0.5, 0.6) is 0 Å². The Bertz CT molecular complexity index is 162. The van der Waals surface area contributed by atoms with Crippen LogP contribution in [0.2, 0.25) is 0 Å². The van der Waals surface area contributed by atoms with E-state index in [-0.39, 0.29) is 9.52 Å². The second-order valence-corrected chi connectivity index (χ2v) is 6.86. The highest BCUT2D eigenvalue weighted by atomic mass is 127. The number of rotatable bonds is 2. The molecule has 9 heavy (non-hydrogen) atoms. The van der Waals surface area contributed by atoms with Gasteiger partial charge >= 0.3 is 0 Å². The van der Waals surface area contributed by atoms with Crippen molar-refractivity contribution in [1.82, 2.24) is 0 Å². The molecule has 0 saturated carbocycles. The van der Waals surface area contributed by atoms with Crippen LogP contribution < -0.4 is 5.19 Å². The molecule has 0 unspecified atom stereocenters. The van der Waals surface area contributed by atoms with Gasteiger partial charge in [-0.1, -0.05) is 58.1 Å². The second-order valence-electron chi connectivity index (χ2n) is 1.92. The normalized spacial score (nSPS) is 10.8. The standard InChI is InChI=1S/C7H9ISi/c8-6-9-7-4-2-1-3-5-7/h1-5H,6,9H2. The average Bonchev–Trinajstić information content (AvgIpc) is 1.91. The third kappa shape index (κ3) is 2.49. The molecule has 1 rings (SSSR count). The van der Waals surface area contributed by atoms with E-state index in [9.17, 15) is 0 Å². The van der Waals surface area contributed by atoms with Gasteiger partial charge in [-0.25, -0.2) is 0 Å². The first kappa shape index (κ1) is 7.28. The number of halogens is 1. The minimum Gasteiger partial charge on any atom is -0.0900 e. The fraction of sp³-hybridized carbons (Fsp3) is 0.143. The Labute approximate surface area is 71.6 Å². The summed E-state index contributed by atoms with van der Waals surface area (Å²) in [5, 5.41) is 1.58. The van der Waals surface area contributed by atoms with Crippen molar-refractivity contribution in [3.8, 4) is 0 Å². The van der Waals surface area contributed by atoms with E-state index in [0.29, 0.717) is 0 Å². The lowest BCUT2D eigenvalue weighted by Crippen LogP contribution is -2.13. The Morgan fingerprint density at radius 1 is 1.22 bits per heavy atom. The molecule has 0 aliphatic carbocycles. The molecule has 0 atom stereocenters. The summed E-state index contributed by atoms with van der Waals surface area (Å²) in [5.41, 5.74) is 0. The summed E-state index contributed by atoms with van der Waals surface area (Å²) in [6.07, 6.45) is 0. The van der Waals surface area contributed by atoms with Crippen LogP contribution in [0.1, 0.15) is 0 Å². The molecule has 0 spiro atoms. The van der Waals surface area contributed by atoms with Gasteiger partial charge in [0.05, 0.1) is 9.52 Å². The maximum atomic E-state index is 2.45. The van der Waals surface area contributed by atoms with E-state index in [2.05, 4.69) is 52.9 Å². The molecule has 2 heteroatoms. The third-order valence-corrected chi connectivity index (χ3v) is 4.08. The van der Waals surface area contributed by atoms with E-state index in [4.69, 9.17) is 0 Å². The minimum absolute atomic E-state index is 0.0856. The van der Waals surface area contributed by atoms with Gasteiger partial charge in [0.15, 0.2) is 0 Å². The summed E-state index contributed by atoms with van der Waals surface area (Å²) in [7, 11) is 0.0856. The van der Waals surface area contributed by atoms with Crippen LogP contribution in [0, 0.1) is 0 Å². The highest BCUT2D eigenvalue weighted by molar-refractivity contribution is 14.1. The van der Waals surface area contributed by atoms with E-state index in [0.717, 1.165) is 0 Å². The van der Waals surface area contributed by atoms with Gasteiger partial charge in [0.1, 0.15) is 0 Å². The predicted octanol–water partition coefficient (Wildman–Crippen LogP) is 0.873. The van der Waals surface area contributed by atoms with E-state index >= 15 is 0 Å². The largest absolute Gasteiger partial charge is 0.0900 e. The summed E-state index contributed by atoms with van der Waals surface area (Å²) < 4.78 is 1.35. The Kier molecular flexibility index (Phi) is 3.28. The predicted molar refractivity (Wildman–Crippen MR) is 53.5 cm³/mol. The van der Waals surface area contributed by atoms with Crippen LogP contribution in [0.15, 0.2) is 30.3 Å². The van der Waals surface area contributed by atoms with Crippen molar-refractivity contribution >= 4 is 37.3 Å². The van der Waals surface area contributed by atoms with E-state index in [1.54, 1.807) is 5.19 Å². The zero-order valence-corrected chi connectivity index (χ0v) is 8.75. The Morgan fingerprint density at radius 3 is 2.44 bits per heavy atom. The van der Waals surface area contributed by atoms with Gasteiger partial charge in [0.2, 0.25) is 0 Å². The van der Waals surface area contributed by atoms with Crippen LogP contribution in [-0.2, 0) is 0 Å². The molecule has 0 heterocycles.